The number of nitrogens with zero attached hydrogens (tertiary/aromatic N) is 3. The average Bonchev–Trinajstić information content (AvgIpc) is 3.00. The Balaban J connectivity index is 1.56. The van der Waals surface area contributed by atoms with Crippen molar-refractivity contribution in [2.75, 3.05) is 6.61 Å². The molecule has 2 fully saturated rings. The van der Waals surface area contributed by atoms with Crippen LogP contribution in [0.1, 0.15) is 44.0 Å². The van der Waals surface area contributed by atoms with Crippen LogP contribution in [-0.2, 0) is 16.1 Å². The molecule has 124 valence electrons. The summed E-state index contributed by atoms with van der Waals surface area (Å²) in [6.07, 6.45) is 3.33. The minimum absolute atomic E-state index is 0.0589. The minimum atomic E-state index is -1.26. The SMILES string of the molecule is OC1COC(n2cc(COC3CCCCC3)nn2)C(O)C1O. The lowest BCUT2D eigenvalue weighted by Gasteiger charge is -2.34. The first-order valence-electron chi connectivity index (χ1n) is 7.83. The van der Waals surface area contributed by atoms with E-state index in [-0.39, 0.29) is 12.7 Å². The second-order valence-electron chi connectivity index (χ2n) is 6.03. The van der Waals surface area contributed by atoms with Crippen molar-refractivity contribution < 1.29 is 24.8 Å². The summed E-state index contributed by atoms with van der Waals surface area (Å²) in [6, 6.07) is 0. The van der Waals surface area contributed by atoms with Gasteiger partial charge in [0.15, 0.2) is 6.23 Å². The molecule has 8 heteroatoms. The Labute approximate surface area is 128 Å². The monoisotopic (exact) mass is 313 g/mol. The highest BCUT2D eigenvalue weighted by Crippen LogP contribution is 2.24. The molecule has 0 amide bonds. The number of hydrogen-bond donors (Lipinski definition) is 3. The van der Waals surface area contributed by atoms with E-state index in [9.17, 15) is 15.3 Å². The van der Waals surface area contributed by atoms with Crippen molar-refractivity contribution in [2.24, 2.45) is 0 Å². The van der Waals surface area contributed by atoms with Crippen LogP contribution in [0.2, 0.25) is 0 Å². The molecule has 1 aliphatic heterocycles. The number of hydrogen-bond acceptors (Lipinski definition) is 7. The number of rotatable bonds is 4. The summed E-state index contributed by atoms with van der Waals surface area (Å²) in [5, 5.41) is 37.0. The van der Waals surface area contributed by atoms with Crippen LogP contribution in [0, 0.1) is 0 Å². The fraction of sp³-hybridized carbons (Fsp3) is 0.857. The van der Waals surface area contributed by atoms with Crippen molar-refractivity contribution in [1.82, 2.24) is 15.0 Å². The molecule has 3 N–H and O–H groups in total. The van der Waals surface area contributed by atoms with Crippen molar-refractivity contribution in [3.8, 4) is 0 Å². The number of aliphatic hydroxyl groups excluding tert-OH is 3. The van der Waals surface area contributed by atoms with Crippen molar-refractivity contribution >= 4 is 0 Å². The van der Waals surface area contributed by atoms with Gasteiger partial charge in [0.05, 0.1) is 25.5 Å². The molecule has 1 saturated carbocycles. The van der Waals surface area contributed by atoms with Gasteiger partial charge in [-0.05, 0) is 12.8 Å². The smallest absolute Gasteiger partial charge is 0.180 e. The van der Waals surface area contributed by atoms with E-state index in [1.807, 2.05) is 0 Å². The third-order valence-corrected chi connectivity index (χ3v) is 4.31. The first-order valence-corrected chi connectivity index (χ1v) is 7.83. The van der Waals surface area contributed by atoms with E-state index < -0.39 is 24.5 Å². The first-order chi connectivity index (χ1) is 10.6. The molecule has 2 aliphatic rings. The Morgan fingerprint density at radius 1 is 1.18 bits per heavy atom. The summed E-state index contributed by atoms with van der Waals surface area (Å²) >= 11 is 0. The lowest BCUT2D eigenvalue weighted by molar-refractivity contribution is -0.214. The molecule has 4 unspecified atom stereocenters. The Hall–Kier alpha value is -1.06. The Morgan fingerprint density at radius 3 is 2.73 bits per heavy atom. The third kappa shape index (κ3) is 3.47. The van der Waals surface area contributed by atoms with Gasteiger partial charge < -0.3 is 24.8 Å². The van der Waals surface area contributed by atoms with Gasteiger partial charge in [-0.1, -0.05) is 24.5 Å². The van der Waals surface area contributed by atoms with E-state index in [0.717, 1.165) is 12.8 Å². The molecule has 1 aromatic heterocycles. The Bertz CT molecular complexity index is 477. The van der Waals surface area contributed by atoms with Crippen LogP contribution in [0.25, 0.3) is 0 Å². The molecule has 4 atom stereocenters. The fourth-order valence-electron chi connectivity index (χ4n) is 2.96. The minimum Gasteiger partial charge on any atom is -0.388 e. The summed E-state index contributed by atoms with van der Waals surface area (Å²) < 4.78 is 12.5. The molecule has 0 spiro atoms. The van der Waals surface area contributed by atoms with Crippen LogP contribution in [0.15, 0.2) is 6.20 Å². The van der Waals surface area contributed by atoms with Crippen molar-refractivity contribution in [3.05, 3.63) is 11.9 Å². The summed E-state index contributed by atoms with van der Waals surface area (Å²) in [5.74, 6) is 0. The highest BCUT2D eigenvalue weighted by molar-refractivity contribution is 4.93. The van der Waals surface area contributed by atoms with E-state index >= 15 is 0 Å². The van der Waals surface area contributed by atoms with Crippen LogP contribution in [0.3, 0.4) is 0 Å². The predicted octanol–water partition coefficient (Wildman–Crippen LogP) is -0.261. The Kier molecular flexibility index (Phi) is 5.04. The Morgan fingerprint density at radius 2 is 1.95 bits per heavy atom. The van der Waals surface area contributed by atoms with E-state index in [1.54, 1.807) is 6.20 Å². The molecule has 22 heavy (non-hydrogen) atoms. The molecule has 0 aromatic carbocycles. The van der Waals surface area contributed by atoms with Gasteiger partial charge in [-0.3, -0.25) is 0 Å². The molecule has 3 rings (SSSR count). The number of ether oxygens (including phenoxy) is 2. The molecule has 1 aliphatic carbocycles. The maximum Gasteiger partial charge on any atom is 0.180 e. The predicted molar refractivity (Wildman–Crippen MR) is 74.7 cm³/mol. The van der Waals surface area contributed by atoms with Crippen LogP contribution < -0.4 is 0 Å². The zero-order chi connectivity index (χ0) is 15.5. The van der Waals surface area contributed by atoms with Gasteiger partial charge in [0.1, 0.15) is 24.0 Å². The lowest BCUT2D eigenvalue weighted by atomic mass is 9.98. The van der Waals surface area contributed by atoms with Crippen LogP contribution in [-0.4, -0.2) is 61.3 Å². The van der Waals surface area contributed by atoms with Gasteiger partial charge in [-0.2, -0.15) is 0 Å². The van der Waals surface area contributed by atoms with Gasteiger partial charge in [0, 0.05) is 0 Å². The van der Waals surface area contributed by atoms with E-state index in [1.165, 1.54) is 23.9 Å². The summed E-state index contributed by atoms with van der Waals surface area (Å²) in [5.41, 5.74) is 0.655. The maximum absolute atomic E-state index is 9.95. The molecular weight excluding hydrogens is 290 g/mol. The van der Waals surface area contributed by atoms with Gasteiger partial charge in [0.25, 0.3) is 0 Å². The first kappa shape index (κ1) is 15.8. The second kappa shape index (κ2) is 7.01. The summed E-state index contributed by atoms with van der Waals surface area (Å²) in [4.78, 5) is 0. The van der Waals surface area contributed by atoms with Gasteiger partial charge in [-0.25, -0.2) is 4.68 Å². The normalized spacial score (nSPS) is 34.0. The highest BCUT2D eigenvalue weighted by atomic mass is 16.5. The van der Waals surface area contributed by atoms with Gasteiger partial charge in [0.2, 0.25) is 0 Å². The second-order valence-corrected chi connectivity index (χ2v) is 6.03. The molecule has 0 radical (unpaired) electrons. The van der Waals surface area contributed by atoms with E-state index in [2.05, 4.69) is 10.3 Å². The van der Waals surface area contributed by atoms with Crippen LogP contribution in [0.4, 0.5) is 0 Å². The molecule has 1 aromatic rings. The number of aromatic nitrogens is 3. The van der Waals surface area contributed by atoms with Crippen LogP contribution in [0.5, 0.6) is 0 Å². The summed E-state index contributed by atoms with van der Waals surface area (Å²) in [7, 11) is 0. The largest absolute Gasteiger partial charge is 0.388 e. The zero-order valence-electron chi connectivity index (χ0n) is 12.4. The van der Waals surface area contributed by atoms with E-state index in [4.69, 9.17) is 9.47 Å². The topological polar surface area (TPSA) is 110 Å². The van der Waals surface area contributed by atoms with Crippen molar-refractivity contribution in [2.45, 2.75) is 69.4 Å². The van der Waals surface area contributed by atoms with Gasteiger partial charge >= 0.3 is 0 Å². The van der Waals surface area contributed by atoms with Crippen molar-refractivity contribution in [1.29, 1.82) is 0 Å². The standard InChI is InChI=1S/C14H23N3O5/c18-11-8-22-14(13(20)12(11)19)17-6-9(15-16-17)7-21-10-4-2-1-3-5-10/h6,10-14,18-20H,1-5,7-8H2. The number of aliphatic hydroxyl groups is 3. The average molecular weight is 313 g/mol. The molecule has 2 heterocycles. The lowest BCUT2D eigenvalue weighted by Crippen LogP contribution is -2.50. The highest BCUT2D eigenvalue weighted by Gasteiger charge is 2.39. The molecule has 0 bridgehead atoms. The summed E-state index contributed by atoms with van der Waals surface area (Å²) in [6.45, 7) is 0.315. The molecular formula is C14H23N3O5. The molecule has 8 nitrogen and oxygen atoms in total. The van der Waals surface area contributed by atoms with E-state index in [0.29, 0.717) is 12.3 Å². The zero-order valence-corrected chi connectivity index (χ0v) is 12.4. The van der Waals surface area contributed by atoms with Gasteiger partial charge in [-0.15, -0.1) is 5.10 Å². The quantitative estimate of drug-likeness (QED) is 0.702. The molecule has 1 saturated heterocycles. The fourth-order valence-corrected chi connectivity index (χ4v) is 2.96. The maximum atomic E-state index is 9.95. The van der Waals surface area contributed by atoms with Crippen LogP contribution >= 0.6 is 0 Å². The third-order valence-electron chi connectivity index (χ3n) is 4.31. The van der Waals surface area contributed by atoms with Crippen molar-refractivity contribution in [3.63, 3.8) is 0 Å².